The molecule has 1 amide bonds. The average Bonchev–Trinajstić information content (AvgIpc) is 2.99. The van der Waals surface area contributed by atoms with Gasteiger partial charge in [-0.15, -0.1) is 11.3 Å². The van der Waals surface area contributed by atoms with Gasteiger partial charge in [0.2, 0.25) is 0 Å². The van der Waals surface area contributed by atoms with Gasteiger partial charge in [-0.1, -0.05) is 43.2 Å². The first-order valence-corrected chi connectivity index (χ1v) is 11.2. The number of sulfonamides is 1. The Balaban J connectivity index is 1.74. The lowest BCUT2D eigenvalue weighted by Gasteiger charge is -2.19. The fourth-order valence-corrected chi connectivity index (χ4v) is 5.62. The van der Waals surface area contributed by atoms with Gasteiger partial charge in [-0.2, -0.15) is 4.31 Å². The minimum Gasteiger partial charge on any atom is -0.339 e. The second kappa shape index (κ2) is 8.33. The van der Waals surface area contributed by atoms with Crippen LogP contribution in [0.2, 0.25) is 0 Å². The zero-order valence-electron chi connectivity index (χ0n) is 14.9. The molecule has 2 aromatic rings. The van der Waals surface area contributed by atoms with Gasteiger partial charge in [0.15, 0.2) is 0 Å². The summed E-state index contributed by atoms with van der Waals surface area (Å²) in [5.41, 5.74) is 1.40. The lowest BCUT2D eigenvalue weighted by atomic mass is 10.2. The fraction of sp³-hybridized carbons (Fsp3) is 0.421. The van der Waals surface area contributed by atoms with Gasteiger partial charge in [0.1, 0.15) is 4.21 Å². The van der Waals surface area contributed by atoms with Crippen molar-refractivity contribution in [3.05, 3.63) is 52.9 Å². The summed E-state index contributed by atoms with van der Waals surface area (Å²) < 4.78 is 27.2. The molecule has 0 spiro atoms. The van der Waals surface area contributed by atoms with Crippen molar-refractivity contribution < 1.29 is 13.2 Å². The molecule has 0 radical (unpaired) electrons. The molecule has 140 valence electrons. The van der Waals surface area contributed by atoms with E-state index in [9.17, 15) is 13.2 Å². The van der Waals surface area contributed by atoms with Gasteiger partial charge >= 0.3 is 0 Å². The summed E-state index contributed by atoms with van der Waals surface area (Å²) in [6, 6.07) is 11.0. The summed E-state index contributed by atoms with van der Waals surface area (Å²) in [4.78, 5) is 14.5. The van der Waals surface area contributed by atoms with Crippen LogP contribution in [0.25, 0.3) is 0 Å². The predicted molar refractivity (Wildman–Crippen MR) is 104 cm³/mol. The van der Waals surface area contributed by atoms with Crippen LogP contribution >= 0.6 is 11.3 Å². The number of likely N-dealkylation sites (tertiary alicyclic amines) is 1. The second-order valence-corrected chi connectivity index (χ2v) is 9.79. The van der Waals surface area contributed by atoms with E-state index in [1.54, 1.807) is 12.4 Å². The molecule has 0 N–H and O–H groups in total. The van der Waals surface area contributed by atoms with Crippen LogP contribution in [-0.4, -0.2) is 43.7 Å². The summed E-state index contributed by atoms with van der Waals surface area (Å²) in [5.74, 6) is -0.0599. The Labute approximate surface area is 159 Å². The van der Waals surface area contributed by atoms with Gasteiger partial charge in [0.25, 0.3) is 15.9 Å². The molecule has 26 heavy (non-hydrogen) atoms. The Morgan fingerprint density at radius 3 is 2.42 bits per heavy atom. The summed E-state index contributed by atoms with van der Waals surface area (Å²) in [5, 5.41) is 1.66. The Morgan fingerprint density at radius 2 is 1.77 bits per heavy atom. The summed E-state index contributed by atoms with van der Waals surface area (Å²) in [6.45, 7) is 1.81. The van der Waals surface area contributed by atoms with Gasteiger partial charge < -0.3 is 4.90 Å². The number of hydrogen-bond acceptors (Lipinski definition) is 4. The zero-order chi connectivity index (χ0) is 18.6. The lowest BCUT2D eigenvalue weighted by molar-refractivity contribution is 0.0762. The number of amides is 1. The van der Waals surface area contributed by atoms with Gasteiger partial charge in [-0.3, -0.25) is 4.79 Å². The molecule has 3 rings (SSSR count). The maximum Gasteiger partial charge on any atom is 0.254 e. The van der Waals surface area contributed by atoms with Crippen molar-refractivity contribution in [2.75, 3.05) is 20.1 Å². The second-order valence-electron chi connectivity index (χ2n) is 6.61. The number of benzene rings is 1. The van der Waals surface area contributed by atoms with Gasteiger partial charge in [0, 0.05) is 32.1 Å². The quantitative estimate of drug-likeness (QED) is 0.781. The third-order valence-electron chi connectivity index (χ3n) is 4.63. The van der Waals surface area contributed by atoms with Crippen LogP contribution in [-0.2, 0) is 16.6 Å². The van der Waals surface area contributed by atoms with Crippen molar-refractivity contribution in [1.82, 2.24) is 9.21 Å². The normalized spacial score (nSPS) is 15.8. The summed E-state index contributed by atoms with van der Waals surface area (Å²) in [7, 11) is -2.04. The van der Waals surface area contributed by atoms with Crippen LogP contribution in [0.4, 0.5) is 0 Å². The van der Waals surface area contributed by atoms with Crippen LogP contribution in [0.3, 0.4) is 0 Å². The summed E-state index contributed by atoms with van der Waals surface area (Å²) in [6.07, 6.45) is 4.33. The fourth-order valence-electron chi connectivity index (χ4n) is 3.10. The third-order valence-corrected chi connectivity index (χ3v) is 7.85. The van der Waals surface area contributed by atoms with E-state index < -0.39 is 10.0 Å². The van der Waals surface area contributed by atoms with Gasteiger partial charge in [-0.25, -0.2) is 8.42 Å². The van der Waals surface area contributed by atoms with Crippen molar-refractivity contribution in [3.8, 4) is 0 Å². The van der Waals surface area contributed by atoms with E-state index in [1.807, 2.05) is 35.2 Å². The van der Waals surface area contributed by atoms with Crippen molar-refractivity contribution in [2.24, 2.45) is 0 Å². The first kappa shape index (κ1) is 19.1. The topological polar surface area (TPSA) is 57.7 Å². The first-order chi connectivity index (χ1) is 12.5. The number of hydrogen-bond donors (Lipinski definition) is 0. The highest BCUT2D eigenvalue weighted by atomic mass is 32.2. The predicted octanol–water partition coefficient (Wildman–Crippen LogP) is 3.59. The number of thiophene rings is 1. The molecule has 0 aliphatic carbocycles. The monoisotopic (exact) mass is 392 g/mol. The van der Waals surface area contributed by atoms with Crippen molar-refractivity contribution in [3.63, 3.8) is 0 Å². The van der Waals surface area contributed by atoms with E-state index >= 15 is 0 Å². The van der Waals surface area contributed by atoms with Crippen LogP contribution in [0.1, 0.15) is 41.6 Å². The molecule has 1 aliphatic heterocycles. The Hall–Kier alpha value is -1.70. The van der Waals surface area contributed by atoms with Crippen molar-refractivity contribution >= 4 is 27.3 Å². The third kappa shape index (κ3) is 4.34. The Bertz CT molecular complexity index is 839. The average molecular weight is 393 g/mol. The van der Waals surface area contributed by atoms with Crippen LogP contribution < -0.4 is 0 Å². The molecule has 0 saturated carbocycles. The highest BCUT2D eigenvalue weighted by molar-refractivity contribution is 7.91. The molecule has 0 bridgehead atoms. The highest BCUT2D eigenvalue weighted by Gasteiger charge is 2.26. The van der Waals surface area contributed by atoms with E-state index in [4.69, 9.17) is 0 Å². The SMILES string of the molecule is CN(Cc1ccccc1)S(=O)(=O)c1cc(C(=O)N2CCCCCC2)cs1. The molecular weight excluding hydrogens is 368 g/mol. The van der Waals surface area contributed by atoms with Crippen molar-refractivity contribution in [2.45, 2.75) is 36.4 Å². The highest BCUT2D eigenvalue weighted by Crippen LogP contribution is 2.26. The molecule has 1 aromatic carbocycles. The molecule has 1 aliphatic rings. The number of carbonyl (C=O) groups is 1. The first-order valence-electron chi connectivity index (χ1n) is 8.86. The lowest BCUT2D eigenvalue weighted by Crippen LogP contribution is -2.31. The zero-order valence-corrected chi connectivity index (χ0v) is 16.6. The maximum absolute atomic E-state index is 12.8. The molecule has 0 atom stereocenters. The van der Waals surface area contributed by atoms with Crippen molar-refractivity contribution in [1.29, 1.82) is 0 Å². The van der Waals surface area contributed by atoms with E-state index in [2.05, 4.69) is 0 Å². The number of carbonyl (C=O) groups excluding carboxylic acids is 1. The summed E-state index contributed by atoms with van der Waals surface area (Å²) >= 11 is 1.12. The van der Waals surface area contributed by atoms with E-state index in [0.717, 1.165) is 55.7 Å². The van der Waals surface area contributed by atoms with Gasteiger partial charge in [-0.05, 0) is 24.5 Å². The molecule has 1 aromatic heterocycles. The standard InChI is InChI=1S/C19H24N2O3S2/c1-20(14-16-9-5-4-6-10-16)26(23,24)18-13-17(15-25-18)19(22)21-11-7-2-3-8-12-21/h4-6,9-10,13,15H,2-3,7-8,11-12,14H2,1H3. The molecule has 0 unspecified atom stereocenters. The maximum atomic E-state index is 12.8. The van der Waals surface area contributed by atoms with Crippen LogP contribution in [0, 0.1) is 0 Å². The molecule has 1 saturated heterocycles. The Kier molecular flexibility index (Phi) is 6.11. The molecule has 5 nitrogen and oxygen atoms in total. The van der Waals surface area contributed by atoms with Crippen LogP contribution in [0.15, 0.2) is 46.0 Å². The molecule has 2 heterocycles. The largest absolute Gasteiger partial charge is 0.339 e. The number of rotatable bonds is 5. The smallest absolute Gasteiger partial charge is 0.254 e. The van der Waals surface area contributed by atoms with E-state index in [0.29, 0.717) is 12.1 Å². The molecule has 1 fully saturated rings. The Morgan fingerprint density at radius 1 is 1.12 bits per heavy atom. The molecular formula is C19H24N2O3S2. The number of nitrogens with zero attached hydrogens (tertiary/aromatic N) is 2. The van der Waals surface area contributed by atoms with Gasteiger partial charge in [0.05, 0.1) is 5.56 Å². The van der Waals surface area contributed by atoms with Crippen LogP contribution in [0.5, 0.6) is 0 Å². The minimum atomic E-state index is -3.61. The van der Waals surface area contributed by atoms with E-state index in [-0.39, 0.29) is 10.1 Å². The van der Waals surface area contributed by atoms with E-state index in [1.165, 1.54) is 10.4 Å². The molecule has 7 heteroatoms. The minimum absolute atomic E-state index is 0.0599.